The van der Waals surface area contributed by atoms with Crippen molar-refractivity contribution in [3.05, 3.63) is 0 Å². The number of carbonyl (C=O) groups is 1. The number of halogens is 1. The van der Waals surface area contributed by atoms with E-state index in [0.717, 1.165) is 19.3 Å². The summed E-state index contributed by atoms with van der Waals surface area (Å²) in [5.74, 6) is 0.673. The highest BCUT2D eigenvalue weighted by Crippen LogP contribution is 2.16. The third kappa shape index (κ3) is 4.32. The molecule has 0 heterocycles. The molecule has 3 heteroatoms. The number of unbranched alkanes of at least 4 members (excludes halogenated alkanes) is 2. The Balaban J connectivity index is 3.99. The standard InChI is InChI=1S/C11H22ClNO/c1-5-6-7-8-10(14)13(4)11(2,3)9-12/h5-9H2,1-4H3. The average Bonchev–Trinajstić information content (AvgIpc) is 2.17. The minimum absolute atomic E-state index is 0.198. The fourth-order valence-corrected chi connectivity index (χ4v) is 1.30. The molecule has 0 bridgehead atoms. The third-order valence-electron chi connectivity index (χ3n) is 2.60. The normalized spacial score (nSPS) is 11.5. The minimum Gasteiger partial charge on any atom is -0.339 e. The van der Waals surface area contributed by atoms with E-state index in [0.29, 0.717) is 12.3 Å². The van der Waals surface area contributed by atoms with Crippen LogP contribution in [-0.4, -0.2) is 29.3 Å². The molecule has 0 aliphatic rings. The second-order valence-corrected chi connectivity index (χ2v) is 4.62. The van der Waals surface area contributed by atoms with Crippen LogP contribution >= 0.6 is 11.6 Å². The molecule has 2 nitrogen and oxygen atoms in total. The highest BCUT2D eigenvalue weighted by atomic mass is 35.5. The number of alkyl halides is 1. The zero-order chi connectivity index (χ0) is 11.2. The summed E-state index contributed by atoms with van der Waals surface area (Å²) < 4.78 is 0. The van der Waals surface area contributed by atoms with E-state index in [1.165, 1.54) is 0 Å². The Hall–Kier alpha value is -0.240. The van der Waals surface area contributed by atoms with Gasteiger partial charge in [-0.15, -0.1) is 11.6 Å². The van der Waals surface area contributed by atoms with Crippen molar-refractivity contribution in [3.8, 4) is 0 Å². The molecular weight excluding hydrogens is 198 g/mol. The quantitative estimate of drug-likeness (QED) is 0.497. The molecule has 0 radical (unpaired) electrons. The van der Waals surface area contributed by atoms with Crippen molar-refractivity contribution in [1.82, 2.24) is 4.90 Å². The maximum absolute atomic E-state index is 11.7. The van der Waals surface area contributed by atoms with Crippen molar-refractivity contribution in [1.29, 1.82) is 0 Å². The maximum atomic E-state index is 11.7. The van der Waals surface area contributed by atoms with Gasteiger partial charge in [-0.3, -0.25) is 4.79 Å². The SMILES string of the molecule is CCCCCC(=O)N(C)C(C)(C)CCl. The van der Waals surface area contributed by atoms with Crippen LogP contribution in [-0.2, 0) is 4.79 Å². The van der Waals surface area contributed by atoms with Gasteiger partial charge in [-0.05, 0) is 20.3 Å². The van der Waals surface area contributed by atoms with E-state index >= 15 is 0 Å². The lowest BCUT2D eigenvalue weighted by Gasteiger charge is -2.34. The van der Waals surface area contributed by atoms with Crippen molar-refractivity contribution in [2.75, 3.05) is 12.9 Å². The predicted molar refractivity (Wildman–Crippen MR) is 61.7 cm³/mol. The van der Waals surface area contributed by atoms with Gasteiger partial charge >= 0.3 is 0 Å². The second-order valence-electron chi connectivity index (χ2n) is 4.36. The molecule has 0 aromatic rings. The molecule has 0 fully saturated rings. The largest absolute Gasteiger partial charge is 0.339 e. The Morgan fingerprint density at radius 2 is 1.93 bits per heavy atom. The van der Waals surface area contributed by atoms with Gasteiger partial charge in [0, 0.05) is 19.3 Å². The number of rotatable bonds is 6. The molecule has 0 atom stereocenters. The van der Waals surface area contributed by atoms with Crippen molar-refractivity contribution < 1.29 is 4.79 Å². The maximum Gasteiger partial charge on any atom is 0.222 e. The van der Waals surface area contributed by atoms with Gasteiger partial charge in [-0.25, -0.2) is 0 Å². The average molecular weight is 220 g/mol. The van der Waals surface area contributed by atoms with Gasteiger partial charge in [0.05, 0.1) is 5.54 Å². The summed E-state index contributed by atoms with van der Waals surface area (Å²) in [7, 11) is 1.83. The van der Waals surface area contributed by atoms with Gasteiger partial charge in [-0.2, -0.15) is 0 Å². The summed E-state index contributed by atoms with van der Waals surface area (Å²) in [6.07, 6.45) is 3.90. The van der Waals surface area contributed by atoms with E-state index < -0.39 is 0 Å². The molecule has 0 N–H and O–H groups in total. The molecule has 0 aliphatic carbocycles. The van der Waals surface area contributed by atoms with Gasteiger partial charge in [-0.1, -0.05) is 19.8 Å². The number of carbonyl (C=O) groups excluding carboxylic acids is 1. The lowest BCUT2D eigenvalue weighted by atomic mass is 10.1. The van der Waals surface area contributed by atoms with E-state index in [4.69, 9.17) is 11.6 Å². The van der Waals surface area contributed by atoms with E-state index in [-0.39, 0.29) is 11.4 Å². The smallest absolute Gasteiger partial charge is 0.222 e. The summed E-state index contributed by atoms with van der Waals surface area (Å²) in [4.78, 5) is 13.5. The molecule has 1 amide bonds. The minimum atomic E-state index is -0.231. The van der Waals surface area contributed by atoms with E-state index in [2.05, 4.69) is 6.92 Å². The van der Waals surface area contributed by atoms with Gasteiger partial charge in [0.2, 0.25) is 5.91 Å². The number of amides is 1. The monoisotopic (exact) mass is 219 g/mol. The molecule has 0 rings (SSSR count). The molecule has 14 heavy (non-hydrogen) atoms. The van der Waals surface area contributed by atoms with Crippen LogP contribution in [0, 0.1) is 0 Å². The molecule has 0 aliphatic heterocycles. The third-order valence-corrected chi connectivity index (χ3v) is 3.26. The summed E-state index contributed by atoms with van der Waals surface area (Å²) in [5, 5.41) is 0. The summed E-state index contributed by atoms with van der Waals surface area (Å²) >= 11 is 5.80. The van der Waals surface area contributed by atoms with Crippen LogP contribution in [0.2, 0.25) is 0 Å². The number of nitrogens with zero attached hydrogens (tertiary/aromatic N) is 1. The Morgan fingerprint density at radius 3 is 2.36 bits per heavy atom. The van der Waals surface area contributed by atoms with Crippen molar-refractivity contribution in [2.24, 2.45) is 0 Å². The molecular formula is C11H22ClNO. The molecule has 0 saturated carbocycles. The van der Waals surface area contributed by atoms with E-state index in [1.54, 1.807) is 4.90 Å². The molecule has 0 spiro atoms. The summed E-state index contributed by atoms with van der Waals surface area (Å²) in [6.45, 7) is 6.10. The van der Waals surface area contributed by atoms with E-state index in [9.17, 15) is 4.79 Å². The Labute approximate surface area is 92.6 Å². The summed E-state index contributed by atoms with van der Waals surface area (Å²) in [6, 6.07) is 0. The Bertz CT molecular complexity index is 180. The molecule has 0 aromatic carbocycles. The highest BCUT2D eigenvalue weighted by Gasteiger charge is 2.25. The zero-order valence-electron chi connectivity index (χ0n) is 9.77. The number of hydrogen-bond donors (Lipinski definition) is 0. The lowest BCUT2D eigenvalue weighted by molar-refractivity contribution is -0.134. The molecule has 0 unspecified atom stereocenters. The number of hydrogen-bond acceptors (Lipinski definition) is 1. The highest BCUT2D eigenvalue weighted by molar-refractivity contribution is 6.18. The Morgan fingerprint density at radius 1 is 1.36 bits per heavy atom. The first kappa shape index (κ1) is 13.8. The second kappa shape index (κ2) is 6.28. The van der Waals surface area contributed by atoms with Crippen LogP contribution in [0.1, 0.15) is 46.5 Å². The molecule has 0 saturated heterocycles. The topological polar surface area (TPSA) is 20.3 Å². The predicted octanol–water partition coefficient (Wildman–Crippen LogP) is 3.04. The van der Waals surface area contributed by atoms with Gasteiger partial charge in [0.25, 0.3) is 0 Å². The van der Waals surface area contributed by atoms with Crippen LogP contribution in [0.25, 0.3) is 0 Å². The zero-order valence-corrected chi connectivity index (χ0v) is 10.5. The molecule has 84 valence electrons. The fourth-order valence-electron chi connectivity index (χ4n) is 1.12. The van der Waals surface area contributed by atoms with Crippen molar-refractivity contribution >= 4 is 17.5 Å². The summed E-state index contributed by atoms with van der Waals surface area (Å²) in [5.41, 5.74) is -0.231. The van der Waals surface area contributed by atoms with Crippen LogP contribution in [0.3, 0.4) is 0 Å². The van der Waals surface area contributed by atoms with Gasteiger partial charge in [0.15, 0.2) is 0 Å². The van der Waals surface area contributed by atoms with Crippen LogP contribution in [0.5, 0.6) is 0 Å². The van der Waals surface area contributed by atoms with E-state index in [1.807, 2.05) is 20.9 Å². The molecule has 0 aromatic heterocycles. The lowest BCUT2D eigenvalue weighted by Crippen LogP contribution is -2.46. The fraction of sp³-hybridized carbons (Fsp3) is 0.909. The Kier molecular flexibility index (Phi) is 6.17. The first-order valence-electron chi connectivity index (χ1n) is 5.28. The van der Waals surface area contributed by atoms with Crippen molar-refractivity contribution in [3.63, 3.8) is 0 Å². The van der Waals surface area contributed by atoms with Crippen molar-refractivity contribution in [2.45, 2.75) is 52.0 Å². The van der Waals surface area contributed by atoms with Gasteiger partial charge < -0.3 is 4.90 Å². The van der Waals surface area contributed by atoms with Gasteiger partial charge in [0.1, 0.15) is 0 Å². The van der Waals surface area contributed by atoms with Crippen LogP contribution < -0.4 is 0 Å². The van der Waals surface area contributed by atoms with Crippen LogP contribution in [0.15, 0.2) is 0 Å². The first-order valence-corrected chi connectivity index (χ1v) is 5.81. The first-order chi connectivity index (χ1) is 6.45. The van der Waals surface area contributed by atoms with Crippen LogP contribution in [0.4, 0.5) is 0 Å².